The van der Waals surface area contributed by atoms with Crippen LogP contribution in [0.1, 0.15) is 32.6 Å². The summed E-state index contributed by atoms with van der Waals surface area (Å²) in [5, 5.41) is 3.15. The Bertz CT molecular complexity index is 293. The number of nitrogens with one attached hydrogen (secondary N) is 2. The zero-order chi connectivity index (χ0) is 12.6. The molecule has 1 aliphatic heterocycles. The maximum Gasteiger partial charge on any atom is 0.214 e. The third-order valence-electron chi connectivity index (χ3n) is 2.73. The zero-order valence-electron chi connectivity index (χ0n) is 11.0. The van der Waals surface area contributed by atoms with Gasteiger partial charge in [0.25, 0.3) is 0 Å². The van der Waals surface area contributed by atoms with Gasteiger partial charge in [-0.25, -0.2) is 13.1 Å². The molecule has 1 rings (SSSR count). The van der Waals surface area contributed by atoms with Gasteiger partial charge in [-0.3, -0.25) is 0 Å². The fourth-order valence-corrected chi connectivity index (χ4v) is 3.12. The number of sulfonamides is 1. The summed E-state index contributed by atoms with van der Waals surface area (Å²) in [6.07, 6.45) is 3.91. The Morgan fingerprint density at radius 3 is 2.61 bits per heavy atom. The average Bonchev–Trinajstić information content (AvgIpc) is 2.29. The molecule has 0 aromatic rings. The van der Waals surface area contributed by atoms with Crippen LogP contribution in [0.3, 0.4) is 0 Å². The van der Waals surface area contributed by atoms with E-state index in [-0.39, 0.29) is 24.3 Å². The molecule has 0 radical (unpaired) electrons. The molecule has 2 N–H and O–H groups in total. The summed E-state index contributed by atoms with van der Waals surface area (Å²) in [5.74, 6) is 0.0980. The highest BCUT2D eigenvalue weighted by Gasteiger charge is 2.21. The van der Waals surface area contributed by atoms with E-state index in [1.807, 2.05) is 0 Å². The van der Waals surface area contributed by atoms with Gasteiger partial charge in [-0.15, -0.1) is 12.4 Å². The van der Waals surface area contributed by atoms with E-state index in [4.69, 9.17) is 4.74 Å². The molecule has 110 valence electrons. The standard InChI is InChI=1S/C11H24N2O3S.ClH/c1-2-6-12-7-8-13-17(14,15)10-11-5-3-4-9-16-11;/h11-13H,2-10H2,1H3;1H. The van der Waals surface area contributed by atoms with Crippen molar-refractivity contribution in [1.29, 1.82) is 0 Å². The minimum atomic E-state index is -3.18. The number of rotatable bonds is 8. The second kappa shape index (κ2) is 9.97. The van der Waals surface area contributed by atoms with Crippen LogP contribution < -0.4 is 10.0 Å². The number of hydrogen-bond acceptors (Lipinski definition) is 4. The average molecular weight is 301 g/mol. The van der Waals surface area contributed by atoms with Crippen molar-refractivity contribution >= 4 is 22.4 Å². The summed E-state index contributed by atoms with van der Waals surface area (Å²) in [7, 11) is -3.18. The summed E-state index contributed by atoms with van der Waals surface area (Å²) in [6.45, 7) is 4.83. The van der Waals surface area contributed by atoms with Crippen LogP contribution in [-0.2, 0) is 14.8 Å². The Kier molecular flexibility index (Phi) is 10.0. The van der Waals surface area contributed by atoms with E-state index in [1.165, 1.54) is 0 Å². The smallest absolute Gasteiger partial charge is 0.214 e. The number of hydrogen-bond donors (Lipinski definition) is 2. The summed E-state index contributed by atoms with van der Waals surface area (Å²) in [4.78, 5) is 0. The molecule has 1 fully saturated rings. The SMILES string of the molecule is CCCNCCNS(=O)(=O)CC1CCCCO1.Cl. The van der Waals surface area contributed by atoms with Crippen molar-refractivity contribution in [1.82, 2.24) is 10.0 Å². The van der Waals surface area contributed by atoms with Crippen molar-refractivity contribution in [3.05, 3.63) is 0 Å². The minimum absolute atomic E-state index is 0. The lowest BCUT2D eigenvalue weighted by Crippen LogP contribution is -2.38. The van der Waals surface area contributed by atoms with Gasteiger partial charge in [-0.2, -0.15) is 0 Å². The predicted molar refractivity (Wildman–Crippen MR) is 75.8 cm³/mol. The first-order valence-electron chi connectivity index (χ1n) is 6.43. The highest BCUT2D eigenvalue weighted by atomic mass is 35.5. The molecule has 0 aromatic carbocycles. The molecule has 0 bridgehead atoms. The Morgan fingerprint density at radius 1 is 1.22 bits per heavy atom. The Hall–Kier alpha value is 0.120. The second-order valence-corrected chi connectivity index (χ2v) is 6.27. The molecule has 0 spiro atoms. The molecule has 1 atom stereocenters. The molecule has 0 aromatic heterocycles. The number of ether oxygens (including phenoxy) is 1. The summed E-state index contributed by atoms with van der Waals surface area (Å²) < 4.78 is 31.4. The third kappa shape index (κ3) is 8.26. The molecule has 7 heteroatoms. The molecule has 18 heavy (non-hydrogen) atoms. The van der Waals surface area contributed by atoms with Crippen LogP contribution in [-0.4, -0.2) is 46.5 Å². The van der Waals surface area contributed by atoms with Gasteiger partial charge in [0.2, 0.25) is 10.0 Å². The molecule has 5 nitrogen and oxygen atoms in total. The molecule has 1 aliphatic rings. The molecule has 0 saturated carbocycles. The first-order chi connectivity index (χ1) is 8.14. The van der Waals surface area contributed by atoms with Crippen LogP contribution in [0.2, 0.25) is 0 Å². The second-order valence-electron chi connectivity index (χ2n) is 4.41. The maximum atomic E-state index is 11.7. The van der Waals surface area contributed by atoms with Gasteiger partial charge in [-0.05, 0) is 32.2 Å². The highest BCUT2D eigenvalue weighted by Crippen LogP contribution is 2.13. The van der Waals surface area contributed by atoms with Crippen molar-refractivity contribution < 1.29 is 13.2 Å². The first kappa shape index (κ1) is 18.1. The topological polar surface area (TPSA) is 67.4 Å². The van der Waals surface area contributed by atoms with Gasteiger partial charge in [0, 0.05) is 19.7 Å². The van der Waals surface area contributed by atoms with Crippen LogP contribution >= 0.6 is 12.4 Å². The highest BCUT2D eigenvalue weighted by molar-refractivity contribution is 7.89. The van der Waals surface area contributed by atoms with Crippen LogP contribution in [0.15, 0.2) is 0 Å². The van der Waals surface area contributed by atoms with E-state index in [0.717, 1.165) is 32.2 Å². The molecule has 1 saturated heterocycles. The van der Waals surface area contributed by atoms with Crippen LogP contribution in [0, 0.1) is 0 Å². The quantitative estimate of drug-likeness (QED) is 0.654. The fourth-order valence-electron chi connectivity index (χ4n) is 1.84. The fraction of sp³-hybridized carbons (Fsp3) is 1.00. The lowest BCUT2D eigenvalue weighted by atomic mass is 10.1. The van der Waals surface area contributed by atoms with Crippen molar-refractivity contribution in [3.63, 3.8) is 0 Å². The number of halogens is 1. The van der Waals surface area contributed by atoms with E-state index in [1.54, 1.807) is 0 Å². The third-order valence-corrected chi connectivity index (χ3v) is 4.18. The Morgan fingerprint density at radius 2 is 2.00 bits per heavy atom. The largest absolute Gasteiger partial charge is 0.377 e. The van der Waals surface area contributed by atoms with Crippen LogP contribution in [0.5, 0.6) is 0 Å². The summed E-state index contributed by atoms with van der Waals surface area (Å²) in [5.41, 5.74) is 0. The van der Waals surface area contributed by atoms with Crippen molar-refractivity contribution in [2.24, 2.45) is 0 Å². The van der Waals surface area contributed by atoms with Gasteiger partial charge < -0.3 is 10.1 Å². The Labute approximate surface area is 117 Å². The maximum absolute atomic E-state index is 11.7. The van der Waals surface area contributed by atoms with E-state index < -0.39 is 10.0 Å². The molecular weight excluding hydrogens is 276 g/mol. The molecular formula is C11H25ClN2O3S. The van der Waals surface area contributed by atoms with Crippen LogP contribution in [0.4, 0.5) is 0 Å². The van der Waals surface area contributed by atoms with Gasteiger partial charge in [0.15, 0.2) is 0 Å². The van der Waals surface area contributed by atoms with E-state index in [9.17, 15) is 8.42 Å². The van der Waals surface area contributed by atoms with Gasteiger partial charge in [0.1, 0.15) is 0 Å². The van der Waals surface area contributed by atoms with E-state index >= 15 is 0 Å². The van der Waals surface area contributed by atoms with Gasteiger partial charge in [0.05, 0.1) is 11.9 Å². The molecule has 0 aliphatic carbocycles. The summed E-state index contributed by atoms with van der Waals surface area (Å²) >= 11 is 0. The molecule has 1 heterocycles. The summed E-state index contributed by atoms with van der Waals surface area (Å²) in [6, 6.07) is 0. The Balaban J connectivity index is 0.00000289. The normalized spacial score (nSPS) is 20.4. The molecule has 0 amide bonds. The van der Waals surface area contributed by atoms with Gasteiger partial charge >= 0.3 is 0 Å². The van der Waals surface area contributed by atoms with Crippen molar-refractivity contribution in [3.8, 4) is 0 Å². The zero-order valence-corrected chi connectivity index (χ0v) is 12.6. The monoisotopic (exact) mass is 300 g/mol. The van der Waals surface area contributed by atoms with E-state index in [0.29, 0.717) is 19.7 Å². The lowest BCUT2D eigenvalue weighted by Gasteiger charge is -2.22. The minimum Gasteiger partial charge on any atom is -0.377 e. The first-order valence-corrected chi connectivity index (χ1v) is 8.09. The van der Waals surface area contributed by atoms with Crippen molar-refractivity contribution in [2.45, 2.75) is 38.7 Å². The lowest BCUT2D eigenvalue weighted by molar-refractivity contribution is 0.0304. The van der Waals surface area contributed by atoms with Crippen molar-refractivity contribution in [2.75, 3.05) is 32.0 Å². The van der Waals surface area contributed by atoms with Gasteiger partial charge in [-0.1, -0.05) is 6.92 Å². The molecule has 1 unspecified atom stereocenters. The van der Waals surface area contributed by atoms with Crippen LogP contribution in [0.25, 0.3) is 0 Å². The van der Waals surface area contributed by atoms with E-state index in [2.05, 4.69) is 17.0 Å². The predicted octanol–water partition coefficient (Wildman–Crippen LogP) is 0.896.